The van der Waals surface area contributed by atoms with Gasteiger partial charge in [0.15, 0.2) is 11.5 Å². The number of benzene rings is 4. The van der Waals surface area contributed by atoms with Gasteiger partial charge in [-0.05, 0) is 61.2 Å². The van der Waals surface area contributed by atoms with Crippen molar-refractivity contribution in [3.05, 3.63) is 139 Å². The fourth-order valence-electron chi connectivity index (χ4n) is 5.30. The minimum absolute atomic E-state index is 0. The number of nitrogens with one attached hydrogen (secondary N) is 2. The largest absolute Gasteiger partial charge is 0.504 e. The molecule has 0 aliphatic carbocycles. The van der Waals surface area contributed by atoms with Crippen molar-refractivity contribution in [3.8, 4) is 39.8 Å². The summed E-state index contributed by atoms with van der Waals surface area (Å²) >= 11 is 0. The van der Waals surface area contributed by atoms with Crippen molar-refractivity contribution in [2.24, 2.45) is 0 Å². The summed E-state index contributed by atoms with van der Waals surface area (Å²) in [5.74, 6) is 2.82. The first-order valence-corrected chi connectivity index (χ1v) is 16.2. The van der Waals surface area contributed by atoms with E-state index in [1.807, 2.05) is 61.5 Å². The van der Waals surface area contributed by atoms with Crippen LogP contribution in [0.4, 0.5) is 11.6 Å². The molecule has 2 heterocycles. The van der Waals surface area contributed by atoms with E-state index in [0.717, 1.165) is 40.4 Å². The Morgan fingerprint density at radius 2 is 1.18 bits per heavy atom. The molecule has 6 rings (SSSR count). The van der Waals surface area contributed by atoms with Gasteiger partial charge in [0.2, 0.25) is 0 Å². The lowest BCUT2D eigenvalue weighted by Crippen LogP contribution is -2.11. The highest BCUT2D eigenvalue weighted by Gasteiger charge is 2.12. The van der Waals surface area contributed by atoms with Gasteiger partial charge in [0, 0.05) is 17.2 Å². The molecule has 50 heavy (non-hydrogen) atoms. The number of aryl methyl sites for hydroxylation is 1. The first kappa shape index (κ1) is 36.9. The molecule has 9 nitrogen and oxygen atoms in total. The molecule has 0 saturated carbocycles. The van der Waals surface area contributed by atoms with Crippen molar-refractivity contribution in [1.29, 1.82) is 0 Å². The number of phenolic OH excluding ortho intramolecular Hbond substituents is 1. The van der Waals surface area contributed by atoms with Crippen molar-refractivity contribution in [2.75, 3.05) is 24.9 Å². The van der Waals surface area contributed by atoms with E-state index in [-0.39, 0.29) is 25.3 Å². The Labute approximate surface area is 295 Å². The van der Waals surface area contributed by atoms with Crippen LogP contribution in [0.3, 0.4) is 0 Å². The number of nitrogens with zero attached hydrogens (tertiary/aromatic N) is 4. The molecule has 0 bridgehead atoms. The first-order valence-electron chi connectivity index (χ1n) is 16.2. The number of methoxy groups -OCH3 is 2. The maximum atomic E-state index is 9.74. The molecule has 0 aliphatic heterocycles. The minimum atomic E-state index is 0. The van der Waals surface area contributed by atoms with E-state index in [1.54, 1.807) is 50.1 Å². The van der Waals surface area contributed by atoms with Crippen LogP contribution in [0.5, 0.6) is 17.2 Å². The fraction of sp³-hybridized carbons (Fsp3) is 0.220. The Morgan fingerprint density at radius 1 is 0.660 bits per heavy atom. The van der Waals surface area contributed by atoms with Crippen LogP contribution in [0.15, 0.2) is 122 Å². The number of ether oxygens (including phenoxy) is 2. The Hall–Kier alpha value is -5.96. The van der Waals surface area contributed by atoms with Crippen LogP contribution in [0, 0.1) is 6.92 Å². The van der Waals surface area contributed by atoms with Gasteiger partial charge >= 0.3 is 0 Å². The molecule has 9 heteroatoms. The quantitative estimate of drug-likeness (QED) is 0.124. The fourth-order valence-corrected chi connectivity index (χ4v) is 5.30. The zero-order valence-corrected chi connectivity index (χ0v) is 28.5. The molecule has 4 aromatic carbocycles. The van der Waals surface area contributed by atoms with Crippen molar-refractivity contribution in [1.82, 2.24) is 19.9 Å². The summed E-state index contributed by atoms with van der Waals surface area (Å²) in [6.45, 7) is 6.26. The molecule has 0 fully saturated rings. The second-order valence-electron chi connectivity index (χ2n) is 11.4. The van der Waals surface area contributed by atoms with Crippen molar-refractivity contribution in [3.63, 3.8) is 0 Å². The maximum absolute atomic E-state index is 9.74. The van der Waals surface area contributed by atoms with Crippen molar-refractivity contribution >= 4 is 11.6 Å². The highest BCUT2D eigenvalue weighted by Crippen LogP contribution is 2.31. The smallest absolute Gasteiger partial charge is 0.161 e. The van der Waals surface area contributed by atoms with Crippen LogP contribution in [0.25, 0.3) is 22.5 Å². The normalized spacial score (nSPS) is 11.5. The van der Waals surface area contributed by atoms with E-state index in [9.17, 15) is 5.11 Å². The molecule has 0 amide bonds. The minimum Gasteiger partial charge on any atom is -0.504 e. The number of aromatic nitrogens is 4. The molecule has 0 unspecified atom stereocenters. The molecule has 0 radical (unpaired) electrons. The molecule has 0 saturated heterocycles. The summed E-state index contributed by atoms with van der Waals surface area (Å²) in [7, 11) is 3.20. The van der Waals surface area contributed by atoms with Gasteiger partial charge in [-0.2, -0.15) is 0 Å². The summed E-state index contributed by atoms with van der Waals surface area (Å²) in [6.07, 6.45) is 7.85. The Bertz CT molecular complexity index is 1940. The van der Waals surface area contributed by atoms with Crippen LogP contribution in [0.1, 0.15) is 56.5 Å². The summed E-state index contributed by atoms with van der Waals surface area (Å²) in [5, 5.41) is 16.6. The first-order chi connectivity index (χ1) is 23.9. The van der Waals surface area contributed by atoms with Crippen LogP contribution in [-0.4, -0.2) is 39.3 Å². The summed E-state index contributed by atoms with van der Waals surface area (Å²) in [6, 6.07) is 32.1. The van der Waals surface area contributed by atoms with Gasteiger partial charge in [0.25, 0.3) is 0 Å². The van der Waals surface area contributed by atoms with Crippen LogP contribution in [-0.2, 0) is 0 Å². The lowest BCUT2D eigenvalue weighted by atomic mass is 10.0. The molecule has 3 N–H and O–H groups in total. The molecule has 258 valence electrons. The monoisotopic (exact) mass is 670 g/mol. The van der Waals surface area contributed by atoms with E-state index in [1.165, 1.54) is 18.2 Å². The summed E-state index contributed by atoms with van der Waals surface area (Å²) in [4.78, 5) is 17.9. The van der Waals surface area contributed by atoms with E-state index in [2.05, 4.69) is 68.7 Å². The summed E-state index contributed by atoms with van der Waals surface area (Å²) < 4.78 is 10.6. The van der Waals surface area contributed by atoms with Gasteiger partial charge in [0.05, 0.1) is 56.4 Å². The third kappa shape index (κ3) is 9.56. The number of rotatable bonds is 11. The van der Waals surface area contributed by atoms with Gasteiger partial charge in [-0.15, -0.1) is 0 Å². The second-order valence-corrected chi connectivity index (χ2v) is 11.4. The highest BCUT2D eigenvalue weighted by atomic mass is 16.5. The number of hydrogen-bond donors (Lipinski definition) is 3. The Kier molecular flexibility index (Phi) is 13.3. The van der Waals surface area contributed by atoms with Crippen LogP contribution in [0.2, 0.25) is 0 Å². The highest BCUT2D eigenvalue weighted by molar-refractivity contribution is 5.65. The van der Waals surface area contributed by atoms with E-state index in [0.29, 0.717) is 17.3 Å². The lowest BCUT2D eigenvalue weighted by molar-refractivity contribution is 0.373. The number of aromatic hydroxyl groups is 1. The molecule has 2 aromatic heterocycles. The van der Waals surface area contributed by atoms with Crippen LogP contribution >= 0.6 is 0 Å². The molecule has 0 spiro atoms. The Morgan fingerprint density at radius 3 is 1.74 bits per heavy atom. The SMILES string of the molecule is C.CC[C@H](Nc1cncc(-c2ccc(O)c(OC)c2)n1)c1ccccc1.COc1cc(-c2cncc(N[C@@H](C)c3ccccc3)n2)ccc1C. The number of hydrogen-bond acceptors (Lipinski definition) is 9. The average molecular weight is 671 g/mol. The molecule has 6 aromatic rings. The van der Waals surface area contributed by atoms with E-state index >= 15 is 0 Å². The topological polar surface area (TPSA) is 114 Å². The maximum Gasteiger partial charge on any atom is 0.161 e. The van der Waals surface area contributed by atoms with Gasteiger partial charge in [-0.25, -0.2) is 9.97 Å². The number of phenols is 1. The molecule has 0 aliphatic rings. The summed E-state index contributed by atoms with van der Waals surface area (Å²) in [5.41, 5.74) is 6.87. The molecule has 2 atom stereocenters. The second kappa shape index (κ2) is 18.0. The predicted molar refractivity (Wildman–Crippen MR) is 203 cm³/mol. The standard InChI is InChI=1S/C20H21N3O2.C20H21N3O.CH4/c1-3-16(14-7-5-4-6-8-14)22-20-13-21-12-17(23-20)15-9-10-18(24)19(11-15)25-2;1-14-9-10-17(11-19(14)24-3)18-12-21-13-20(23-18)22-15(2)16-7-5-4-6-8-16;/h4-13,16,24H,3H2,1-2H3,(H,22,23);4-13,15H,1-3H3,(H,22,23);1H4/t16-;15-;/m00./s1. The van der Waals surface area contributed by atoms with E-state index in [4.69, 9.17) is 9.47 Å². The van der Waals surface area contributed by atoms with Gasteiger partial charge in [-0.3, -0.25) is 9.97 Å². The Balaban J connectivity index is 0.000000220. The lowest BCUT2D eigenvalue weighted by Gasteiger charge is -2.18. The van der Waals surface area contributed by atoms with E-state index < -0.39 is 0 Å². The predicted octanol–water partition coefficient (Wildman–Crippen LogP) is 9.69. The zero-order chi connectivity index (χ0) is 34.6. The van der Waals surface area contributed by atoms with Gasteiger partial charge in [0.1, 0.15) is 17.4 Å². The van der Waals surface area contributed by atoms with Crippen molar-refractivity contribution in [2.45, 2.75) is 46.7 Å². The third-order valence-electron chi connectivity index (χ3n) is 8.04. The molecular weight excluding hydrogens is 624 g/mol. The third-order valence-corrected chi connectivity index (χ3v) is 8.04. The van der Waals surface area contributed by atoms with Crippen LogP contribution < -0.4 is 20.1 Å². The van der Waals surface area contributed by atoms with Gasteiger partial charge in [-0.1, -0.05) is 87.1 Å². The molecular formula is C41H46N6O3. The van der Waals surface area contributed by atoms with Gasteiger partial charge < -0.3 is 25.2 Å². The average Bonchev–Trinajstić information content (AvgIpc) is 3.15. The zero-order valence-electron chi connectivity index (χ0n) is 28.5. The van der Waals surface area contributed by atoms with Crippen molar-refractivity contribution < 1.29 is 14.6 Å². The number of anilines is 2.